The number of amides is 1. The van der Waals surface area contributed by atoms with Gasteiger partial charge in [-0.15, -0.1) is 0 Å². The Balaban J connectivity index is 1.49. The summed E-state index contributed by atoms with van der Waals surface area (Å²) in [6.07, 6.45) is 7.53. The molecule has 0 spiro atoms. The highest BCUT2D eigenvalue weighted by Crippen LogP contribution is 2.22. The van der Waals surface area contributed by atoms with Gasteiger partial charge in [-0.2, -0.15) is 0 Å². The summed E-state index contributed by atoms with van der Waals surface area (Å²) in [6.45, 7) is 3.76. The van der Waals surface area contributed by atoms with Gasteiger partial charge in [0.2, 0.25) is 0 Å². The lowest BCUT2D eigenvalue weighted by atomic mass is 9.96. The summed E-state index contributed by atoms with van der Waals surface area (Å²) in [7, 11) is 0. The highest BCUT2D eigenvalue weighted by molar-refractivity contribution is 5.81. The van der Waals surface area contributed by atoms with E-state index in [1.165, 1.54) is 44.9 Å². The maximum absolute atomic E-state index is 14.2. The van der Waals surface area contributed by atoms with Gasteiger partial charge in [0.1, 0.15) is 6.17 Å². The number of nitrogens with one attached hydrogen (secondary N) is 2. The van der Waals surface area contributed by atoms with Gasteiger partial charge in [-0.3, -0.25) is 10.1 Å². The number of ether oxygens (including phenoxy) is 1. The number of hydrogen-bond donors (Lipinski definition) is 2. The molecular formula is C18H33FN4O2. The van der Waals surface area contributed by atoms with E-state index in [9.17, 15) is 9.18 Å². The Morgan fingerprint density at radius 2 is 1.88 bits per heavy atom. The lowest BCUT2D eigenvalue weighted by Gasteiger charge is -2.35. The summed E-state index contributed by atoms with van der Waals surface area (Å²) < 4.78 is 19.6. The van der Waals surface area contributed by atoms with Crippen molar-refractivity contribution in [1.82, 2.24) is 20.7 Å². The van der Waals surface area contributed by atoms with Gasteiger partial charge in [0.05, 0.1) is 19.3 Å². The van der Waals surface area contributed by atoms with Gasteiger partial charge in [0.25, 0.3) is 5.91 Å². The monoisotopic (exact) mass is 356 g/mol. The number of carbonyl (C=O) groups is 1. The first kappa shape index (κ1) is 19.0. The highest BCUT2D eigenvalue weighted by atomic mass is 19.1. The number of alkyl halides is 1. The third-order valence-electron chi connectivity index (χ3n) is 5.70. The van der Waals surface area contributed by atoms with Crippen LogP contribution in [0.25, 0.3) is 0 Å². The molecule has 3 fully saturated rings. The van der Waals surface area contributed by atoms with Crippen LogP contribution in [0.1, 0.15) is 58.3 Å². The van der Waals surface area contributed by atoms with Gasteiger partial charge in [-0.05, 0) is 26.2 Å². The van der Waals surface area contributed by atoms with Crippen molar-refractivity contribution < 1.29 is 13.9 Å². The molecule has 144 valence electrons. The van der Waals surface area contributed by atoms with Crippen LogP contribution in [0.5, 0.6) is 0 Å². The SMILES string of the molecule is CCO[C@H]1CCN(C(=O)C2NCN(C3CCCCCCC3)N2)C[C@H]1F. The molecule has 1 saturated carbocycles. The van der Waals surface area contributed by atoms with E-state index in [1.54, 1.807) is 4.90 Å². The van der Waals surface area contributed by atoms with Crippen LogP contribution < -0.4 is 10.7 Å². The summed E-state index contributed by atoms with van der Waals surface area (Å²) >= 11 is 0. The number of carbonyl (C=O) groups excluding carboxylic acids is 1. The number of likely N-dealkylation sites (tertiary alicyclic amines) is 1. The Morgan fingerprint density at radius 1 is 1.16 bits per heavy atom. The van der Waals surface area contributed by atoms with Crippen LogP contribution in [0.15, 0.2) is 0 Å². The van der Waals surface area contributed by atoms with Gasteiger partial charge in [-0.1, -0.05) is 32.1 Å². The van der Waals surface area contributed by atoms with Crippen molar-refractivity contribution in [3.8, 4) is 0 Å². The molecule has 3 rings (SSSR count). The molecule has 0 aromatic carbocycles. The number of piperidine rings is 1. The zero-order valence-corrected chi connectivity index (χ0v) is 15.4. The van der Waals surface area contributed by atoms with Gasteiger partial charge < -0.3 is 9.64 Å². The number of hydrogen-bond acceptors (Lipinski definition) is 5. The summed E-state index contributed by atoms with van der Waals surface area (Å²) in [5, 5.41) is 5.45. The molecule has 2 N–H and O–H groups in total. The summed E-state index contributed by atoms with van der Waals surface area (Å²) in [6, 6.07) is 0.489. The predicted molar refractivity (Wildman–Crippen MR) is 94.4 cm³/mol. The molecule has 1 aliphatic carbocycles. The van der Waals surface area contributed by atoms with Gasteiger partial charge in [0.15, 0.2) is 6.17 Å². The van der Waals surface area contributed by atoms with Crippen molar-refractivity contribution in [3.63, 3.8) is 0 Å². The first-order valence-corrected chi connectivity index (χ1v) is 9.99. The molecule has 0 radical (unpaired) electrons. The Kier molecular flexibility index (Phi) is 7.04. The maximum atomic E-state index is 14.2. The minimum absolute atomic E-state index is 0.0501. The van der Waals surface area contributed by atoms with Gasteiger partial charge >= 0.3 is 0 Å². The van der Waals surface area contributed by atoms with E-state index in [4.69, 9.17) is 4.74 Å². The molecule has 1 amide bonds. The van der Waals surface area contributed by atoms with E-state index >= 15 is 0 Å². The van der Waals surface area contributed by atoms with Gasteiger partial charge in [0, 0.05) is 19.2 Å². The van der Waals surface area contributed by atoms with Crippen molar-refractivity contribution in [2.45, 2.75) is 82.8 Å². The minimum atomic E-state index is -1.10. The molecular weight excluding hydrogens is 323 g/mol. The van der Waals surface area contributed by atoms with E-state index < -0.39 is 12.3 Å². The standard InChI is InChI=1S/C18H33FN4O2/c1-2-25-16-10-11-22(12-15(16)19)18(24)17-20-13-23(21-17)14-8-6-4-3-5-7-9-14/h14-17,20-21H,2-13H2,1H3/t15-,16+,17?/m1/s1. The number of halogens is 1. The topological polar surface area (TPSA) is 56.8 Å². The van der Waals surface area contributed by atoms with E-state index in [2.05, 4.69) is 15.8 Å². The first-order chi connectivity index (χ1) is 12.2. The van der Waals surface area contributed by atoms with Crippen LogP contribution in [0, 0.1) is 0 Å². The normalized spacial score (nSPS) is 33.2. The molecule has 7 heteroatoms. The second-order valence-corrected chi connectivity index (χ2v) is 7.48. The molecule has 1 unspecified atom stereocenters. The molecule has 25 heavy (non-hydrogen) atoms. The second kappa shape index (κ2) is 9.26. The Hall–Kier alpha value is -0.760. The third-order valence-corrected chi connectivity index (χ3v) is 5.70. The van der Waals surface area contributed by atoms with Crippen molar-refractivity contribution >= 4 is 5.91 Å². The largest absolute Gasteiger partial charge is 0.375 e. The Labute approximate surface area is 150 Å². The Morgan fingerprint density at radius 3 is 2.56 bits per heavy atom. The Bertz CT molecular complexity index is 431. The fraction of sp³-hybridized carbons (Fsp3) is 0.944. The van der Waals surface area contributed by atoms with E-state index in [-0.39, 0.29) is 18.6 Å². The van der Waals surface area contributed by atoms with E-state index in [0.29, 0.717) is 32.3 Å². The summed E-state index contributed by atoms with van der Waals surface area (Å²) in [5.41, 5.74) is 3.33. The van der Waals surface area contributed by atoms with Crippen molar-refractivity contribution in [2.24, 2.45) is 0 Å². The zero-order chi connectivity index (χ0) is 17.6. The van der Waals surface area contributed by atoms with Crippen molar-refractivity contribution in [2.75, 3.05) is 26.4 Å². The highest BCUT2D eigenvalue weighted by Gasteiger charge is 2.37. The molecule has 2 aliphatic heterocycles. The molecule has 0 aromatic heterocycles. The zero-order valence-electron chi connectivity index (χ0n) is 15.4. The predicted octanol–water partition coefficient (Wildman–Crippen LogP) is 1.77. The van der Waals surface area contributed by atoms with Crippen LogP contribution in [-0.4, -0.2) is 66.7 Å². The summed E-state index contributed by atoms with van der Waals surface area (Å²) in [5.74, 6) is -0.0501. The number of hydrazine groups is 1. The average molecular weight is 356 g/mol. The first-order valence-electron chi connectivity index (χ1n) is 9.99. The number of rotatable bonds is 4. The van der Waals surface area contributed by atoms with Crippen LogP contribution in [0.2, 0.25) is 0 Å². The van der Waals surface area contributed by atoms with Crippen molar-refractivity contribution in [1.29, 1.82) is 0 Å². The molecule has 3 atom stereocenters. The van der Waals surface area contributed by atoms with Gasteiger partial charge in [-0.25, -0.2) is 14.8 Å². The molecule has 3 aliphatic rings. The quantitative estimate of drug-likeness (QED) is 0.804. The van der Waals surface area contributed by atoms with Crippen molar-refractivity contribution in [3.05, 3.63) is 0 Å². The van der Waals surface area contributed by atoms with E-state index in [1.807, 2.05) is 6.92 Å². The lowest BCUT2D eigenvalue weighted by molar-refractivity contribution is -0.140. The number of nitrogens with zero attached hydrogens (tertiary/aromatic N) is 2. The fourth-order valence-electron chi connectivity index (χ4n) is 4.24. The third kappa shape index (κ3) is 4.90. The second-order valence-electron chi connectivity index (χ2n) is 7.48. The van der Waals surface area contributed by atoms with Crippen LogP contribution in [0.3, 0.4) is 0 Å². The minimum Gasteiger partial charge on any atom is -0.375 e. The smallest absolute Gasteiger partial charge is 0.255 e. The molecule has 0 aromatic rings. The summed E-state index contributed by atoms with van der Waals surface area (Å²) in [4.78, 5) is 14.4. The fourth-order valence-corrected chi connectivity index (χ4v) is 4.24. The van der Waals surface area contributed by atoms with Crippen LogP contribution in [-0.2, 0) is 9.53 Å². The van der Waals surface area contributed by atoms with E-state index in [0.717, 1.165) is 0 Å². The lowest BCUT2D eigenvalue weighted by Crippen LogP contribution is -2.56. The molecule has 2 heterocycles. The molecule has 2 saturated heterocycles. The average Bonchev–Trinajstić information content (AvgIpc) is 3.06. The molecule has 6 nitrogen and oxygen atoms in total. The molecule has 0 bridgehead atoms. The maximum Gasteiger partial charge on any atom is 0.255 e. The van der Waals surface area contributed by atoms with Crippen LogP contribution >= 0.6 is 0 Å². The van der Waals surface area contributed by atoms with Crippen LogP contribution in [0.4, 0.5) is 4.39 Å².